The molecule has 6 heteroatoms. The maximum atomic E-state index is 13.0. The quantitative estimate of drug-likeness (QED) is 0.589. The standard InChI is InChI=1S/C22H20N4O2/c27-21-18-8-4-5-9-19(18)26-15-16(14-20(26)23-21)22(28)25-12-10-24(11-13-25)17-6-2-1-3-7-17/h1-9,14-15H,10-13H2,(H,23,27). The lowest BCUT2D eigenvalue weighted by Gasteiger charge is -2.36. The highest BCUT2D eigenvalue weighted by Gasteiger charge is 2.23. The van der Waals surface area contributed by atoms with Gasteiger partial charge >= 0.3 is 0 Å². The van der Waals surface area contributed by atoms with Gasteiger partial charge in [-0.3, -0.25) is 9.59 Å². The van der Waals surface area contributed by atoms with Crippen molar-refractivity contribution < 1.29 is 4.79 Å². The topological polar surface area (TPSA) is 60.8 Å². The summed E-state index contributed by atoms with van der Waals surface area (Å²) in [6.07, 6.45) is 1.82. The summed E-state index contributed by atoms with van der Waals surface area (Å²) in [6.45, 7) is 2.97. The fraction of sp³-hybridized carbons (Fsp3) is 0.182. The Balaban J connectivity index is 1.41. The Labute approximate surface area is 161 Å². The van der Waals surface area contributed by atoms with Crippen molar-refractivity contribution >= 4 is 28.1 Å². The maximum absolute atomic E-state index is 13.0. The van der Waals surface area contributed by atoms with Gasteiger partial charge in [-0.2, -0.15) is 0 Å². The summed E-state index contributed by atoms with van der Waals surface area (Å²) in [5.41, 5.74) is 3.08. The Morgan fingerprint density at radius 1 is 0.893 bits per heavy atom. The van der Waals surface area contributed by atoms with E-state index < -0.39 is 0 Å². The third-order valence-corrected chi connectivity index (χ3v) is 5.40. The van der Waals surface area contributed by atoms with Crippen LogP contribution in [0.4, 0.5) is 5.69 Å². The van der Waals surface area contributed by atoms with Gasteiger partial charge in [-0.15, -0.1) is 0 Å². The lowest BCUT2D eigenvalue weighted by atomic mass is 10.2. The fourth-order valence-electron chi connectivity index (χ4n) is 3.92. The van der Waals surface area contributed by atoms with E-state index in [0.717, 1.165) is 18.6 Å². The number of carbonyl (C=O) groups is 1. The molecule has 0 saturated carbocycles. The van der Waals surface area contributed by atoms with E-state index >= 15 is 0 Å². The summed E-state index contributed by atoms with van der Waals surface area (Å²) in [5.74, 6) is 0.00124. The molecule has 1 saturated heterocycles. The fourth-order valence-corrected chi connectivity index (χ4v) is 3.92. The molecule has 5 rings (SSSR count). The van der Waals surface area contributed by atoms with E-state index in [9.17, 15) is 9.59 Å². The Bertz CT molecular complexity index is 1220. The van der Waals surface area contributed by atoms with Gasteiger partial charge in [0.1, 0.15) is 5.65 Å². The van der Waals surface area contributed by atoms with Crippen LogP contribution in [0.2, 0.25) is 0 Å². The molecule has 1 amide bonds. The van der Waals surface area contributed by atoms with Crippen LogP contribution in [-0.2, 0) is 0 Å². The van der Waals surface area contributed by atoms with Crippen molar-refractivity contribution in [3.63, 3.8) is 0 Å². The van der Waals surface area contributed by atoms with Crippen LogP contribution >= 0.6 is 0 Å². The van der Waals surface area contributed by atoms with Crippen LogP contribution in [0.1, 0.15) is 10.4 Å². The molecule has 1 fully saturated rings. The second kappa shape index (κ2) is 6.56. The molecular formula is C22H20N4O2. The molecule has 0 aliphatic carbocycles. The number of para-hydroxylation sites is 2. The summed E-state index contributed by atoms with van der Waals surface area (Å²) in [4.78, 5) is 32.4. The average molecular weight is 372 g/mol. The van der Waals surface area contributed by atoms with E-state index in [1.807, 2.05) is 51.9 Å². The molecule has 28 heavy (non-hydrogen) atoms. The summed E-state index contributed by atoms with van der Waals surface area (Å²) >= 11 is 0. The minimum atomic E-state index is -0.142. The van der Waals surface area contributed by atoms with E-state index in [4.69, 9.17) is 0 Å². The van der Waals surface area contributed by atoms with Crippen molar-refractivity contribution in [2.45, 2.75) is 0 Å². The van der Waals surface area contributed by atoms with Crippen LogP contribution in [0, 0.1) is 0 Å². The second-order valence-corrected chi connectivity index (χ2v) is 7.07. The summed E-state index contributed by atoms with van der Waals surface area (Å²) in [6, 6.07) is 19.4. The van der Waals surface area contributed by atoms with Gasteiger partial charge in [0.2, 0.25) is 0 Å². The van der Waals surface area contributed by atoms with Gasteiger partial charge in [-0.25, -0.2) is 0 Å². The molecule has 140 valence electrons. The van der Waals surface area contributed by atoms with E-state index in [2.05, 4.69) is 22.0 Å². The molecule has 1 aliphatic rings. The number of aromatic amines is 1. The molecule has 0 unspecified atom stereocenters. The number of hydrogen-bond acceptors (Lipinski definition) is 3. The first-order valence-electron chi connectivity index (χ1n) is 9.43. The molecular weight excluding hydrogens is 352 g/mol. The first kappa shape index (κ1) is 16.6. The Morgan fingerprint density at radius 3 is 2.39 bits per heavy atom. The highest BCUT2D eigenvalue weighted by Crippen LogP contribution is 2.19. The number of fused-ring (bicyclic) bond motifs is 3. The predicted molar refractivity (Wildman–Crippen MR) is 110 cm³/mol. The number of carbonyl (C=O) groups excluding carboxylic acids is 1. The number of nitrogens with zero attached hydrogens (tertiary/aromatic N) is 3. The molecule has 0 bridgehead atoms. The molecule has 2 aromatic carbocycles. The maximum Gasteiger partial charge on any atom is 0.258 e. The molecule has 6 nitrogen and oxygen atoms in total. The molecule has 4 aromatic rings. The van der Waals surface area contributed by atoms with Crippen LogP contribution in [0.3, 0.4) is 0 Å². The van der Waals surface area contributed by atoms with E-state index in [1.165, 1.54) is 5.69 Å². The molecule has 0 spiro atoms. The van der Waals surface area contributed by atoms with Crippen molar-refractivity contribution in [1.29, 1.82) is 0 Å². The van der Waals surface area contributed by atoms with Crippen LogP contribution in [0.5, 0.6) is 0 Å². The number of nitrogens with one attached hydrogen (secondary N) is 1. The molecule has 1 N–H and O–H groups in total. The van der Waals surface area contributed by atoms with Gasteiger partial charge in [-0.05, 0) is 30.3 Å². The number of benzene rings is 2. The Hall–Kier alpha value is -3.54. The number of rotatable bonds is 2. The van der Waals surface area contributed by atoms with Crippen LogP contribution < -0.4 is 10.5 Å². The van der Waals surface area contributed by atoms with Crippen LogP contribution in [-0.4, -0.2) is 46.4 Å². The average Bonchev–Trinajstić information content (AvgIpc) is 3.18. The summed E-state index contributed by atoms with van der Waals surface area (Å²) in [5, 5.41) is 0.612. The van der Waals surface area contributed by atoms with Gasteiger partial charge < -0.3 is 19.2 Å². The van der Waals surface area contributed by atoms with Gasteiger partial charge in [0.15, 0.2) is 0 Å². The molecule has 0 radical (unpaired) electrons. The number of aromatic nitrogens is 2. The zero-order valence-corrected chi connectivity index (χ0v) is 15.3. The number of amides is 1. The minimum Gasteiger partial charge on any atom is -0.368 e. The Morgan fingerprint density at radius 2 is 1.61 bits per heavy atom. The van der Waals surface area contributed by atoms with Crippen LogP contribution in [0.15, 0.2) is 71.7 Å². The first-order chi connectivity index (χ1) is 13.7. The van der Waals surface area contributed by atoms with E-state index in [-0.39, 0.29) is 11.5 Å². The lowest BCUT2D eigenvalue weighted by Crippen LogP contribution is -2.48. The smallest absolute Gasteiger partial charge is 0.258 e. The van der Waals surface area contributed by atoms with Gasteiger partial charge in [0, 0.05) is 38.1 Å². The van der Waals surface area contributed by atoms with Crippen molar-refractivity contribution in [3.8, 4) is 0 Å². The zero-order valence-electron chi connectivity index (χ0n) is 15.3. The molecule has 0 atom stereocenters. The minimum absolute atomic E-state index is 0.00124. The van der Waals surface area contributed by atoms with Crippen molar-refractivity contribution in [2.24, 2.45) is 0 Å². The molecule has 3 heterocycles. The van der Waals surface area contributed by atoms with Crippen LogP contribution in [0.25, 0.3) is 16.6 Å². The number of H-pyrrole nitrogens is 1. The number of hydrogen-bond donors (Lipinski definition) is 1. The summed E-state index contributed by atoms with van der Waals surface area (Å²) < 4.78 is 1.88. The van der Waals surface area contributed by atoms with E-state index in [1.54, 1.807) is 12.1 Å². The SMILES string of the molecule is O=C(c1cc2[nH]c(=O)c3ccccc3n2c1)N1CCN(c2ccccc2)CC1. The second-order valence-electron chi connectivity index (χ2n) is 7.07. The van der Waals surface area contributed by atoms with Crippen molar-refractivity contribution in [2.75, 3.05) is 31.1 Å². The monoisotopic (exact) mass is 372 g/mol. The van der Waals surface area contributed by atoms with E-state index in [0.29, 0.717) is 29.7 Å². The zero-order chi connectivity index (χ0) is 19.1. The van der Waals surface area contributed by atoms with Crippen molar-refractivity contribution in [3.05, 3.63) is 82.8 Å². The third-order valence-electron chi connectivity index (χ3n) is 5.40. The number of piperazine rings is 1. The van der Waals surface area contributed by atoms with Gasteiger partial charge in [0.25, 0.3) is 11.5 Å². The summed E-state index contributed by atoms with van der Waals surface area (Å²) in [7, 11) is 0. The van der Waals surface area contributed by atoms with Gasteiger partial charge in [-0.1, -0.05) is 30.3 Å². The molecule has 2 aromatic heterocycles. The largest absolute Gasteiger partial charge is 0.368 e. The lowest BCUT2D eigenvalue weighted by molar-refractivity contribution is 0.0747. The highest BCUT2D eigenvalue weighted by atomic mass is 16.2. The van der Waals surface area contributed by atoms with Gasteiger partial charge in [0.05, 0.1) is 16.5 Å². The number of anilines is 1. The predicted octanol–water partition coefficient (Wildman–Crippen LogP) is 2.74. The highest BCUT2D eigenvalue weighted by molar-refractivity contribution is 5.96. The third kappa shape index (κ3) is 2.74. The Kier molecular flexibility index (Phi) is 3.90. The normalized spacial score (nSPS) is 14.7. The van der Waals surface area contributed by atoms with Crippen molar-refractivity contribution in [1.82, 2.24) is 14.3 Å². The first-order valence-corrected chi connectivity index (χ1v) is 9.43. The molecule has 1 aliphatic heterocycles.